The molecule has 0 bridgehead atoms. The minimum absolute atomic E-state index is 0.594. The summed E-state index contributed by atoms with van der Waals surface area (Å²) in [4.78, 5) is 4.01. The number of hydrogen-bond acceptors (Lipinski definition) is 3. The Bertz CT molecular complexity index is 208. The molecule has 0 aromatic carbocycles. The Labute approximate surface area is 66.0 Å². The number of nitrogens with zero attached hydrogens (tertiary/aromatic N) is 1. The van der Waals surface area contributed by atoms with Gasteiger partial charge in [0.05, 0.1) is 13.7 Å². The normalized spacial score (nSPS) is 9.64. The van der Waals surface area contributed by atoms with E-state index in [1.54, 1.807) is 20.4 Å². The predicted octanol–water partition coefficient (Wildman–Crippen LogP) is 1.24. The van der Waals surface area contributed by atoms with Gasteiger partial charge in [-0.25, -0.2) is 4.98 Å². The lowest BCUT2D eigenvalue weighted by atomic mass is 10.3. The molecule has 0 aliphatic rings. The zero-order valence-corrected chi connectivity index (χ0v) is 6.70. The summed E-state index contributed by atoms with van der Waals surface area (Å²) < 4.78 is 9.82. The van der Waals surface area contributed by atoms with Crippen LogP contribution in [0, 0.1) is 0 Å². The van der Waals surface area contributed by atoms with E-state index in [9.17, 15) is 0 Å². The topological polar surface area (TPSA) is 31.4 Å². The number of hydrogen-bond donors (Lipinski definition) is 0. The molecule has 0 saturated heterocycles. The molecule has 0 radical (unpaired) electrons. The van der Waals surface area contributed by atoms with Crippen molar-refractivity contribution in [3.8, 4) is 5.88 Å². The summed E-state index contributed by atoms with van der Waals surface area (Å²) in [5.74, 6) is 0.629. The Morgan fingerprint density at radius 3 is 2.64 bits per heavy atom. The molecular formula is C8H11NO2. The largest absolute Gasteiger partial charge is 0.481 e. The first-order chi connectivity index (χ1) is 5.36. The molecule has 1 aromatic heterocycles. The van der Waals surface area contributed by atoms with Gasteiger partial charge >= 0.3 is 0 Å². The van der Waals surface area contributed by atoms with Crippen LogP contribution >= 0.6 is 0 Å². The van der Waals surface area contributed by atoms with Crippen LogP contribution in [0.4, 0.5) is 0 Å². The van der Waals surface area contributed by atoms with Crippen LogP contribution in [-0.2, 0) is 11.3 Å². The SMILES string of the molecule is COCc1ccc(OC)nc1. The van der Waals surface area contributed by atoms with Crippen LogP contribution in [0.25, 0.3) is 0 Å². The molecule has 1 heterocycles. The van der Waals surface area contributed by atoms with Crippen LogP contribution in [0.15, 0.2) is 18.3 Å². The van der Waals surface area contributed by atoms with E-state index in [0.717, 1.165) is 5.56 Å². The Balaban J connectivity index is 2.66. The molecule has 1 aromatic rings. The fourth-order valence-corrected chi connectivity index (χ4v) is 0.784. The van der Waals surface area contributed by atoms with Crippen molar-refractivity contribution in [1.82, 2.24) is 4.98 Å². The van der Waals surface area contributed by atoms with Crippen LogP contribution in [-0.4, -0.2) is 19.2 Å². The molecule has 11 heavy (non-hydrogen) atoms. The van der Waals surface area contributed by atoms with E-state index in [0.29, 0.717) is 12.5 Å². The van der Waals surface area contributed by atoms with E-state index in [2.05, 4.69) is 4.98 Å². The van der Waals surface area contributed by atoms with Gasteiger partial charge in [-0.15, -0.1) is 0 Å². The minimum atomic E-state index is 0.594. The number of rotatable bonds is 3. The van der Waals surface area contributed by atoms with Gasteiger partial charge in [-0.1, -0.05) is 0 Å². The lowest BCUT2D eigenvalue weighted by molar-refractivity contribution is 0.184. The maximum Gasteiger partial charge on any atom is 0.212 e. The second kappa shape index (κ2) is 3.93. The Hall–Kier alpha value is -1.09. The first kappa shape index (κ1) is 8.01. The van der Waals surface area contributed by atoms with Crippen molar-refractivity contribution < 1.29 is 9.47 Å². The Morgan fingerprint density at radius 1 is 1.36 bits per heavy atom. The van der Waals surface area contributed by atoms with Crippen molar-refractivity contribution in [2.24, 2.45) is 0 Å². The van der Waals surface area contributed by atoms with E-state index in [1.165, 1.54) is 0 Å². The van der Waals surface area contributed by atoms with Crippen molar-refractivity contribution in [3.63, 3.8) is 0 Å². The quantitative estimate of drug-likeness (QED) is 0.654. The average molecular weight is 153 g/mol. The van der Waals surface area contributed by atoms with Crippen molar-refractivity contribution in [2.75, 3.05) is 14.2 Å². The lowest BCUT2D eigenvalue weighted by Gasteiger charge is -2.00. The van der Waals surface area contributed by atoms with Gasteiger partial charge in [0, 0.05) is 19.4 Å². The van der Waals surface area contributed by atoms with Gasteiger partial charge in [-0.2, -0.15) is 0 Å². The molecule has 3 nitrogen and oxygen atoms in total. The highest BCUT2D eigenvalue weighted by molar-refractivity contribution is 5.16. The zero-order valence-electron chi connectivity index (χ0n) is 6.70. The van der Waals surface area contributed by atoms with Crippen molar-refractivity contribution in [2.45, 2.75) is 6.61 Å². The third-order valence-electron chi connectivity index (χ3n) is 1.32. The molecule has 1 rings (SSSR count). The molecular weight excluding hydrogens is 142 g/mol. The summed E-state index contributed by atoms with van der Waals surface area (Å²) in [6.45, 7) is 0.594. The molecule has 60 valence electrons. The molecule has 0 aliphatic heterocycles. The summed E-state index contributed by atoms with van der Waals surface area (Å²) in [6.07, 6.45) is 1.74. The molecule has 3 heteroatoms. The first-order valence-electron chi connectivity index (χ1n) is 3.34. The highest BCUT2D eigenvalue weighted by atomic mass is 16.5. The fourth-order valence-electron chi connectivity index (χ4n) is 0.784. The molecule has 0 spiro atoms. The highest BCUT2D eigenvalue weighted by Gasteiger charge is 1.93. The number of pyridine rings is 1. The second-order valence-corrected chi connectivity index (χ2v) is 2.14. The van der Waals surface area contributed by atoms with Gasteiger partial charge < -0.3 is 9.47 Å². The lowest BCUT2D eigenvalue weighted by Crippen LogP contribution is -1.91. The minimum Gasteiger partial charge on any atom is -0.481 e. The molecule has 0 unspecified atom stereocenters. The third kappa shape index (κ3) is 2.20. The monoisotopic (exact) mass is 153 g/mol. The van der Waals surface area contributed by atoms with E-state index >= 15 is 0 Å². The molecule has 0 amide bonds. The summed E-state index contributed by atoms with van der Waals surface area (Å²) in [6, 6.07) is 3.74. The van der Waals surface area contributed by atoms with Gasteiger partial charge in [-0.3, -0.25) is 0 Å². The standard InChI is InChI=1S/C8H11NO2/c1-10-6-7-3-4-8(11-2)9-5-7/h3-5H,6H2,1-2H3. The van der Waals surface area contributed by atoms with Crippen LogP contribution in [0.2, 0.25) is 0 Å². The first-order valence-corrected chi connectivity index (χ1v) is 3.34. The number of ether oxygens (including phenoxy) is 2. The number of methoxy groups -OCH3 is 2. The smallest absolute Gasteiger partial charge is 0.212 e. The predicted molar refractivity (Wildman–Crippen MR) is 41.5 cm³/mol. The second-order valence-electron chi connectivity index (χ2n) is 2.14. The maximum absolute atomic E-state index is 4.92. The van der Waals surface area contributed by atoms with Crippen molar-refractivity contribution in [3.05, 3.63) is 23.9 Å². The van der Waals surface area contributed by atoms with E-state index in [1.807, 2.05) is 12.1 Å². The van der Waals surface area contributed by atoms with Crippen LogP contribution in [0.3, 0.4) is 0 Å². The van der Waals surface area contributed by atoms with Gasteiger partial charge in [0.15, 0.2) is 0 Å². The zero-order chi connectivity index (χ0) is 8.10. The summed E-state index contributed by atoms with van der Waals surface area (Å²) >= 11 is 0. The van der Waals surface area contributed by atoms with Gasteiger partial charge in [-0.05, 0) is 11.6 Å². The van der Waals surface area contributed by atoms with Crippen LogP contribution in [0.1, 0.15) is 5.56 Å². The van der Waals surface area contributed by atoms with Crippen molar-refractivity contribution in [1.29, 1.82) is 0 Å². The van der Waals surface area contributed by atoms with Gasteiger partial charge in [0.25, 0.3) is 0 Å². The Morgan fingerprint density at radius 2 is 2.18 bits per heavy atom. The van der Waals surface area contributed by atoms with Crippen LogP contribution in [0.5, 0.6) is 5.88 Å². The highest BCUT2D eigenvalue weighted by Crippen LogP contribution is 2.06. The summed E-state index contributed by atoms with van der Waals surface area (Å²) in [5.41, 5.74) is 1.05. The molecule has 0 N–H and O–H groups in total. The summed E-state index contributed by atoms with van der Waals surface area (Å²) in [5, 5.41) is 0. The van der Waals surface area contributed by atoms with Gasteiger partial charge in [0.2, 0.25) is 5.88 Å². The number of aromatic nitrogens is 1. The van der Waals surface area contributed by atoms with E-state index < -0.39 is 0 Å². The molecule has 0 atom stereocenters. The average Bonchev–Trinajstić information content (AvgIpc) is 2.07. The summed E-state index contributed by atoms with van der Waals surface area (Å²) in [7, 11) is 3.25. The Kier molecular flexibility index (Phi) is 2.86. The molecule has 0 fully saturated rings. The molecule has 0 saturated carbocycles. The van der Waals surface area contributed by atoms with Crippen molar-refractivity contribution >= 4 is 0 Å². The maximum atomic E-state index is 4.92. The van der Waals surface area contributed by atoms with E-state index in [4.69, 9.17) is 9.47 Å². The fraction of sp³-hybridized carbons (Fsp3) is 0.375. The molecule has 0 aliphatic carbocycles. The third-order valence-corrected chi connectivity index (χ3v) is 1.32. The van der Waals surface area contributed by atoms with Gasteiger partial charge in [0.1, 0.15) is 0 Å². The van der Waals surface area contributed by atoms with E-state index in [-0.39, 0.29) is 0 Å². The van der Waals surface area contributed by atoms with Crippen LogP contribution < -0.4 is 4.74 Å².